The number of sulfone groups is 1. The Morgan fingerprint density at radius 2 is 1.86 bits per heavy atom. The van der Waals surface area contributed by atoms with Crippen molar-refractivity contribution in [2.75, 3.05) is 18.8 Å². The van der Waals surface area contributed by atoms with Gasteiger partial charge in [0.2, 0.25) is 5.91 Å². The number of hydrogen-bond donors (Lipinski definition) is 1. The van der Waals surface area contributed by atoms with Crippen molar-refractivity contribution in [1.29, 1.82) is 0 Å². The van der Waals surface area contributed by atoms with E-state index in [0.717, 1.165) is 6.42 Å². The van der Waals surface area contributed by atoms with Gasteiger partial charge in [0.05, 0.1) is 11.2 Å². The van der Waals surface area contributed by atoms with Gasteiger partial charge in [-0.25, -0.2) is 8.42 Å². The van der Waals surface area contributed by atoms with Gasteiger partial charge in [-0.2, -0.15) is 0 Å². The molecule has 0 spiro atoms. The summed E-state index contributed by atoms with van der Waals surface area (Å²) in [6, 6.07) is 0. The second-order valence-electron chi connectivity index (χ2n) is 6.12. The summed E-state index contributed by atoms with van der Waals surface area (Å²) < 4.78 is 24.0. The fraction of sp³-hybridized carbons (Fsp3) is 0.857. The van der Waals surface area contributed by atoms with Gasteiger partial charge in [0.1, 0.15) is 5.25 Å². The first kappa shape index (κ1) is 16.3. The van der Waals surface area contributed by atoms with Crippen molar-refractivity contribution in [1.82, 2.24) is 4.90 Å². The van der Waals surface area contributed by atoms with Gasteiger partial charge in [0, 0.05) is 13.1 Å². The number of likely N-dealkylation sites (tertiary alicyclic amines) is 1. The second kappa shape index (κ2) is 5.94. The molecule has 1 amide bonds. The molecule has 2 rings (SSSR count). The van der Waals surface area contributed by atoms with Crippen LogP contribution in [0.15, 0.2) is 0 Å². The molecule has 0 aromatic rings. The molecule has 0 bridgehead atoms. The van der Waals surface area contributed by atoms with Crippen LogP contribution >= 0.6 is 0 Å². The molecule has 2 fully saturated rings. The van der Waals surface area contributed by atoms with E-state index in [1.165, 1.54) is 0 Å². The molecule has 0 aromatic heterocycles. The van der Waals surface area contributed by atoms with E-state index in [0.29, 0.717) is 45.2 Å². The van der Waals surface area contributed by atoms with Crippen LogP contribution < -0.4 is 0 Å². The highest BCUT2D eigenvalue weighted by molar-refractivity contribution is 7.92. The predicted octanol–water partition coefficient (Wildman–Crippen LogP) is 1.06. The van der Waals surface area contributed by atoms with Crippen LogP contribution in [-0.4, -0.2) is 54.4 Å². The van der Waals surface area contributed by atoms with Gasteiger partial charge in [0.25, 0.3) is 0 Å². The molecular weight excluding hydrogens is 294 g/mol. The first-order valence-corrected chi connectivity index (χ1v) is 9.28. The van der Waals surface area contributed by atoms with Crippen molar-refractivity contribution in [3.8, 4) is 0 Å². The van der Waals surface area contributed by atoms with Crippen LogP contribution in [0.4, 0.5) is 0 Å². The fourth-order valence-electron chi connectivity index (χ4n) is 3.31. The average Bonchev–Trinajstić information content (AvgIpc) is 2.46. The first-order valence-electron chi connectivity index (χ1n) is 7.56. The van der Waals surface area contributed by atoms with Crippen molar-refractivity contribution in [3.63, 3.8) is 0 Å². The molecular formula is C14H23NO5S. The molecule has 1 atom stereocenters. The van der Waals surface area contributed by atoms with Crippen LogP contribution in [-0.2, 0) is 19.4 Å². The second-order valence-corrected chi connectivity index (χ2v) is 8.42. The maximum atomic E-state index is 12.4. The third-order valence-corrected chi connectivity index (χ3v) is 7.18. The van der Waals surface area contributed by atoms with Crippen molar-refractivity contribution in [2.24, 2.45) is 5.41 Å². The number of amides is 1. The summed E-state index contributed by atoms with van der Waals surface area (Å²) in [6.45, 7) is 2.52. The van der Waals surface area contributed by atoms with E-state index >= 15 is 0 Å². The zero-order chi connectivity index (χ0) is 15.7. The zero-order valence-electron chi connectivity index (χ0n) is 12.4. The van der Waals surface area contributed by atoms with Crippen LogP contribution in [0.3, 0.4) is 0 Å². The van der Waals surface area contributed by atoms with Gasteiger partial charge in [-0.05, 0) is 32.1 Å². The van der Waals surface area contributed by atoms with E-state index < -0.39 is 26.5 Å². The molecule has 0 saturated carbocycles. The van der Waals surface area contributed by atoms with E-state index in [4.69, 9.17) is 0 Å². The molecule has 2 heterocycles. The third kappa shape index (κ3) is 3.07. The highest BCUT2D eigenvalue weighted by atomic mass is 32.2. The van der Waals surface area contributed by atoms with Gasteiger partial charge >= 0.3 is 5.97 Å². The molecule has 2 saturated heterocycles. The van der Waals surface area contributed by atoms with E-state index in [1.54, 1.807) is 4.90 Å². The van der Waals surface area contributed by atoms with Gasteiger partial charge in [0.15, 0.2) is 9.84 Å². The first-order chi connectivity index (χ1) is 9.82. The largest absolute Gasteiger partial charge is 0.481 e. The Bertz CT molecular complexity index is 519. The van der Waals surface area contributed by atoms with Crippen LogP contribution in [0.1, 0.15) is 45.4 Å². The van der Waals surface area contributed by atoms with Crippen LogP contribution in [0, 0.1) is 5.41 Å². The third-order valence-electron chi connectivity index (χ3n) is 5.02. The Hall–Kier alpha value is -1.11. The number of aliphatic carboxylic acids is 1. The Labute approximate surface area is 125 Å². The standard InChI is InChI=1S/C14H23NO5S/c1-2-14(13(17)18)6-8-15(9-7-14)12(16)11-5-3-4-10-21(11,19)20/h11H,2-10H2,1H3,(H,17,18). The lowest BCUT2D eigenvalue weighted by atomic mass is 9.76. The van der Waals surface area contributed by atoms with Crippen molar-refractivity contribution in [3.05, 3.63) is 0 Å². The predicted molar refractivity (Wildman–Crippen MR) is 77.6 cm³/mol. The minimum absolute atomic E-state index is 0.0886. The molecule has 0 radical (unpaired) electrons. The highest BCUT2D eigenvalue weighted by Crippen LogP contribution is 2.36. The van der Waals surface area contributed by atoms with E-state index in [1.807, 2.05) is 6.92 Å². The molecule has 7 heteroatoms. The monoisotopic (exact) mass is 317 g/mol. The number of carboxylic acid groups (broad SMARTS) is 1. The molecule has 1 N–H and O–H groups in total. The summed E-state index contributed by atoms with van der Waals surface area (Å²) in [5.41, 5.74) is -0.762. The maximum absolute atomic E-state index is 12.4. The number of carboxylic acids is 1. The number of carbonyl (C=O) groups is 2. The van der Waals surface area contributed by atoms with E-state index in [2.05, 4.69) is 0 Å². The zero-order valence-corrected chi connectivity index (χ0v) is 13.2. The Morgan fingerprint density at radius 1 is 1.24 bits per heavy atom. The Balaban J connectivity index is 2.05. The minimum atomic E-state index is -3.33. The van der Waals surface area contributed by atoms with Gasteiger partial charge < -0.3 is 10.0 Å². The van der Waals surface area contributed by atoms with Crippen LogP contribution in [0.25, 0.3) is 0 Å². The number of carbonyl (C=O) groups excluding carboxylic acids is 1. The maximum Gasteiger partial charge on any atom is 0.309 e. The molecule has 1 unspecified atom stereocenters. The van der Waals surface area contributed by atoms with Gasteiger partial charge in [-0.1, -0.05) is 13.3 Å². The lowest BCUT2D eigenvalue weighted by Crippen LogP contribution is -2.51. The van der Waals surface area contributed by atoms with Crippen LogP contribution in [0.5, 0.6) is 0 Å². The van der Waals surface area contributed by atoms with E-state index in [9.17, 15) is 23.1 Å². The number of rotatable bonds is 3. The average molecular weight is 317 g/mol. The molecule has 2 aliphatic rings. The minimum Gasteiger partial charge on any atom is -0.481 e. The van der Waals surface area contributed by atoms with Crippen molar-refractivity contribution >= 4 is 21.7 Å². The molecule has 0 aliphatic carbocycles. The normalized spacial score (nSPS) is 28.0. The Kier molecular flexibility index (Phi) is 4.60. The van der Waals surface area contributed by atoms with Crippen molar-refractivity contribution < 1.29 is 23.1 Å². The summed E-state index contributed by atoms with van der Waals surface area (Å²) in [5, 5.41) is 8.43. The summed E-state index contributed by atoms with van der Waals surface area (Å²) in [5.74, 6) is -1.06. The smallest absolute Gasteiger partial charge is 0.309 e. The lowest BCUT2D eigenvalue weighted by Gasteiger charge is -2.39. The van der Waals surface area contributed by atoms with Crippen LogP contribution in [0.2, 0.25) is 0 Å². The van der Waals surface area contributed by atoms with Gasteiger partial charge in [-0.15, -0.1) is 0 Å². The quantitative estimate of drug-likeness (QED) is 0.840. The highest BCUT2D eigenvalue weighted by Gasteiger charge is 2.44. The number of hydrogen-bond acceptors (Lipinski definition) is 4. The summed E-state index contributed by atoms with van der Waals surface area (Å²) >= 11 is 0. The molecule has 120 valence electrons. The summed E-state index contributed by atoms with van der Waals surface area (Å²) in [4.78, 5) is 25.4. The summed E-state index contributed by atoms with van der Waals surface area (Å²) in [6.07, 6.45) is 3.12. The molecule has 6 nitrogen and oxygen atoms in total. The topological polar surface area (TPSA) is 91.8 Å². The molecule has 0 aromatic carbocycles. The van der Waals surface area contributed by atoms with Gasteiger partial charge in [-0.3, -0.25) is 9.59 Å². The molecule has 21 heavy (non-hydrogen) atoms. The van der Waals surface area contributed by atoms with Crippen molar-refractivity contribution in [2.45, 2.75) is 50.7 Å². The number of piperidine rings is 1. The van der Waals surface area contributed by atoms with E-state index in [-0.39, 0.29) is 11.7 Å². The SMILES string of the molecule is CCC1(C(=O)O)CCN(C(=O)C2CCCCS2(=O)=O)CC1. The Morgan fingerprint density at radius 3 is 2.33 bits per heavy atom. The molecule has 2 aliphatic heterocycles. The summed E-state index contributed by atoms with van der Waals surface area (Å²) in [7, 11) is -3.33. The number of nitrogens with zero attached hydrogens (tertiary/aromatic N) is 1. The lowest BCUT2D eigenvalue weighted by molar-refractivity contribution is -0.154. The fourth-order valence-corrected chi connectivity index (χ4v) is 5.18.